The summed E-state index contributed by atoms with van der Waals surface area (Å²) in [5.74, 6) is -0.0999. The summed E-state index contributed by atoms with van der Waals surface area (Å²) in [6, 6.07) is 16.0. The fourth-order valence-corrected chi connectivity index (χ4v) is 4.84. The average molecular weight is 580 g/mol. The van der Waals surface area contributed by atoms with Crippen molar-refractivity contribution in [2.45, 2.75) is 25.9 Å². The zero-order valence-corrected chi connectivity index (χ0v) is 25.1. The minimum absolute atomic E-state index is 0.0999. The standard InChI is InChI=1S/C33H40N9O/c1-34-30-23-33(43)32(38-29-12-8-27(9-13-29)36-15-5-17-42-21-19-40(3)25-42)22-31(30)37-28-10-6-26(7-11-28)35-14-4-16-41-20-18-39(2)24-41/h6-13,18-25H,4-5,14-17H2,1-3H3,(H3-,34,35,36,37,38,43)/q+1/p+1. The molecule has 10 nitrogen and oxygen atoms in total. The van der Waals surface area contributed by atoms with Crippen LogP contribution in [0.4, 0.5) is 22.7 Å². The molecule has 0 bridgehead atoms. The lowest BCUT2D eigenvalue weighted by molar-refractivity contribution is -0.671. The number of nitrogens with one attached hydrogen (secondary N) is 4. The molecular weight excluding hydrogens is 538 g/mol. The smallest absolute Gasteiger partial charge is 0.243 e. The van der Waals surface area contributed by atoms with E-state index in [0.29, 0.717) is 17.1 Å². The summed E-state index contributed by atoms with van der Waals surface area (Å²) in [6.07, 6.45) is 17.8. The SMILES string of the molecule is CNC1=CC(=O)C(Nc2ccc(NCCCn3cc[n+](C)c3)cc2)=C/C1=N\c1ccc(NCCCn2cc[n+](C)c2)cc1. The van der Waals surface area contributed by atoms with Gasteiger partial charge in [-0.3, -0.25) is 4.79 Å². The first kappa shape index (κ1) is 29.4. The van der Waals surface area contributed by atoms with E-state index in [0.717, 1.165) is 61.8 Å². The number of hydrogen-bond acceptors (Lipinski definition) is 6. The molecule has 0 amide bonds. The maximum absolute atomic E-state index is 12.9. The molecule has 0 unspecified atom stereocenters. The van der Waals surface area contributed by atoms with Crippen molar-refractivity contribution >= 4 is 34.2 Å². The number of imidazole rings is 2. The van der Waals surface area contributed by atoms with Crippen molar-refractivity contribution in [2.24, 2.45) is 19.1 Å². The van der Waals surface area contributed by atoms with E-state index >= 15 is 0 Å². The number of aliphatic imine (C=N–C) groups is 1. The van der Waals surface area contributed by atoms with Crippen molar-refractivity contribution in [3.63, 3.8) is 0 Å². The van der Waals surface area contributed by atoms with E-state index in [2.05, 4.69) is 55.4 Å². The second kappa shape index (κ2) is 14.2. The van der Waals surface area contributed by atoms with Gasteiger partial charge in [0.05, 0.1) is 50.0 Å². The van der Waals surface area contributed by atoms with E-state index in [1.54, 1.807) is 19.2 Å². The number of carbonyl (C=O) groups is 1. The van der Waals surface area contributed by atoms with Gasteiger partial charge >= 0.3 is 0 Å². The molecule has 10 heteroatoms. The Balaban J connectivity index is 1.14. The predicted molar refractivity (Wildman–Crippen MR) is 171 cm³/mol. The lowest BCUT2D eigenvalue weighted by Crippen LogP contribution is -2.24. The van der Waals surface area contributed by atoms with E-state index in [1.807, 2.05) is 84.2 Å². The van der Waals surface area contributed by atoms with Crippen LogP contribution in [0.3, 0.4) is 0 Å². The third-order valence-electron chi connectivity index (χ3n) is 7.14. The van der Waals surface area contributed by atoms with Crippen LogP contribution in [0.25, 0.3) is 0 Å². The van der Waals surface area contributed by atoms with Gasteiger partial charge in [0.2, 0.25) is 18.4 Å². The number of nitrogens with zero attached hydrogens (tertiary/aromatic N) is 5. The molecule has 0 saturated carbocycles. The van der Waals surface area contributed by atoms with Crippen LogP contribution in [0.1, 0.15) is 12.8 Å². The summed E-state index contributed by atoms with van der Waals surface area (Å²) in [7, 11) is 5.85. The summed E-state index contributed by atoms with van der Waals surface area (Å²) < 4.78 is 8.44. The minimum Gasteiger partial charge on any atom is -0.386 e. The third kappa shape index (κ3) is 8.45. The quantitative estimate of drug-likeness (QED) is 0.104. The molecule has 5 rings (SSSR count). The molecule has 0 aliphatic heterocycles. The molecule has 0 spiro atoms. The molecule has 0 radical (unpaired) electrons. The van der Waals surface area contributed by atoms with Crippen molar-refractivity contribution in [3.8, 4) is 0 Å². The summed E-state index contributed by atoms with van der Waals surface area (Å²) in [6.45, 7) is 3.69. The Morgan fingerprint density at radius 3 is 1.77 bits per heavy atom. The van der Waals surface area contributed by atoms with Gasteiger partial charge in [0, 0.05) is 56.1 Å². The molecule has 4 aromatic rings. The highest BCUT2D eigenvalue weighted by atomic mass is 16.1. The Morgan fingerprint density at radius 1 is 0.721 bits per heavy atom. The van der Waals surface area contributed by atoms with Crippen molar-refractivity contribution < 1.29 is 13.9 Å². The van der Waals surface area contributed by atoms with Crippen LogP contribution >= 0.6 is 0 Å². The third-order valence-corrected chi connectivity index (χ3v) is 7.14. The number of allylic oxidation sites excluding steroid dienone is 2. The van der Waals surface area contributed by atoms with Crippen molar-refractivity contribution in [1.82, 2.24) is 14.5 Å². The second-order valence-electron chi connectivity index (χ2n) is 10.7. The number of aryl methyl sites for hydroxylation is 4. The molecule has 1 aliphatic carbocycles. The van der Waals surface area contributed by atoms with Crippen LogP contribution < -0.4 is 30.4 Å². The minimum atomic E-state index is -0.0999. The summed E-state index contributed by atoms with van der Waals surface area (Å²) in [5.41, 5.74) is 5.60. The van der Waals surface area contributed by atoms with Crippen LogP contribution in [-0.2, 0) is 32.0 Å². The van der Waals surface area contributed by atoms with Crippen LogP contribution in [-0.4, -0.2) is 40.8 Å². The number of carbonyl (C=O) groups excluding carboxylic acids is 1. The van der Waals surface area contributed by atoms with Crippen LogP contribution in [0, 0.1) is 0 Å². The molecule has 222 valence electrons. The van der Waals surface area contributed by atoms with Gasteiger partial charge in [-0.25, -0.2) is 23.3 Å². The van der Waals surface area contributed by atoms with Crippen LogP contribution in [0.5, 0.6) is 0 Å². The highest BCUT2D eigenvalue weighted by molar-refractivity contribution is 6.23. The zero-order valence-electron chi connectivity index (χ0n) is 25.1. The molecule has 2 aromatic heterocycles. The van der Waals surface area contributed by atoms with E-state index in [1.165, 1.54) is 0 Å². The molecule has 2 aromatic carbocycles. The lowest BCUT2D eigenvalue weighted by Gasteiger charge is -2.17. The largest absolute Gasteiger partial charge is 0.386 e. The monoisotopic (exact) mass is 579 g/mol. The summed E-state index contributed by atoms with van der Waals surface area (Å²) in [4.78, 5) is 17.7. The zero-order chi connectivity index (χ0) is 30.0. The Kier molecular flexibility index (Phi) is 9.68. The average Bonchev–Trinajstić information content (AvgIpc) is 3.63. The molecule has 4 N–H and O–H groups in total. The van der Waals surface area contributed by atoms with Gasteiger partial charge in [0.1, 0.15) is 24.8 Å². The molecule has 1 aliphatic rings. The highest BCUT2D eigenvalue weighted by Crippen LogP contribution is 2.22. The van der Waals surface area contributed by atoms with E-state index in [9.17, 15) is 4.79 Å². The fourth-order valence-electron chi connectivity index (χ4n) is 4.84. The van der Waals surface area contributed by atoms with Gasteiger partial charge < -0.3 is 21.3 Å². The second-order valence-corrected chi connectivity index (χ2v) is 10.7. The number of hydrogen-bond donors (Lipinski definition) is 4. The summed E-state index contributed by atoms with van der Waals surface area (Å²) in [5, 5.41) is 13.3. The van der Waals surface area contributed by atoms with Gasteiger partial charge in [-0.15, -0.1) is 0 Å². The van der Waals surface area contributed by atoms with Crippen LogP contribution in [0.2, 0.25) is 0 Å². The maximum Gasteiger partial charge on any atom is 0.243 e. The number of rotatable bonds is 14. The van der Waals surface area contributed by atoms with E-state index in [4.69, 9.17) is 4.99 Å². The van der Waals surface area contributed by atoms with Gasteiger partial charge in [-0.1, -0.05) is 0 Å². The topological polar surface area (TPSA) is 95.2 Å². The van der Waals surface area contributed by atoms with Crippen molar-refractivity contribution in [2.75, 3.05) is 36.1 Å². The Hall–Kier alpha value is -5.12. The van der Waals surface area contributed by atoms with Gasteiger partial charge in [-0.05, 0) is 54.6 Å². The number of ketones is 1. The van der Waals surface area contributed by atoms with E-state index in [-0.39, 0.29) is 5.78 Å². The molecule has 0 saturated heterocycles. The van der Waals surface area contributed by atoms with E-state index < -0.39 is 0 Å². The number of anilines is 3. The van der Waals surface area contributed by atoms with Crippen molar-refractivity contribution in [1.29, 1.82) is 0 Å². The molecular formula is C33H41N9O+2. The molecule has 2 heterocycles. The highest BCUT2D eigenvalue weighted by Gasteiger charge is 2.18. The van der Waals surface area contributed by atoms with Gasteiger partial charge in [0.15, 0.2) is 0 Å². The first-order chi connectivity index (χ1) is 20.9. The lowest BCUT2D eigenvalue weighted by atomic mass is 10.0. The Labute approximate surface area is 253 Å². The predicted octanol–water partition coefficient (Wildman–Crippen LogP) is 3.70. The fraction of sp³-hybridized carbons (Fsp3) is 0.273. The van der Waals surface area contributed by atoms with Gasteiger partial charge in [0.25, 0.3) is 0 Å². The number of benzene rings is 2. The first-order valence-electron chi connectivity index (χ1n) is 14.7. The molecule has 43 heavy (non-hydrogen) atoms. The molecule has 0 atom stereocenters. The Bertz CT molecular complexity index is 1610. The molecule has 0 fully saturated rings. The Morgan fingerprint density at radius 2 is 1.26 bits per heavy atom. The van der Waals surface area contributed by atoms with Crippen molar-refractivity contribution in [3.05, 3.63) is 110 Å². The van der Waals surface area contributed by atoms with Gasteiger partial charge in [-0.2, -0.15) is 0 Å². The summed E-state index contributed by atoms with van der Waals surface area (Å²) >= 11 is 0. The first-order valence-corrected chi connectivity index (χ1v) is 14.7. The maximum atomic E-state index is 12.9. The van der Waals surface area contributed by atoms with Crippen LogP contribution in [0.15, 0.2) is 115 Å². The normalized spacial score (nSPS) is 13.9. The number of aromatic nitrogens is 4.